The van der Waals surface area contributed by atoms with E-state index in [-0.39, 0.29) is 11.7 Å². The van der Waals surface area contributed by atoms with Crippen molar-refractivity contribution in [2.45, 2.75) is 38.6 Å². The molecule has 0 amide bonds. The average molecular weight is 459 g/mol. The Labute approximate surface area is 200 Å². The summed E-state index contributed by atoms with van der Waals surface area (Å²) in [5.41, 5.74) is 5.13. The van der Waals surface area contributed by atoms with Crippen LogP contribution in [-0.2, 0) is 7.05 Å². The molecule has 0 spiro atoms. The first-order valence-electron chi connectivity index (χ1n) is 12.3. The van der Waals surface area contributed by atoms with Crippen LogP contribution in [0.2, 0.25) is 0 Å². The third kappa shape index (κ3) is 4.23. The third-order valence-corrected chi connectivity index (χ3v) is 7.15. The van der Waals surface area contributed by atoms with Gasteiger partial charge in [-0.3, -0.25) is 14.1 Å². The summed E-state index contributed by atoms with van der Waals surface area (Å²) in [4.78, 5) is 20.1. The number of fused-ring (bicyclic) bond motifs is 3. The molecule has 0 radical (unpaired) electrons. The first kappa shape index (κ1) is 22.7. The van der Waals surface area contributed by atoms with Crippen LogP contribution in [0.3, 0.4) is 0 Å². The lowest BCUT2D eigenvalue weighted by Gasteiger charge is -2.14. The Balaban J connectivity index is 1.51. The minimum Gasteiger partial charge on any atom is -0.494 e. The normalized spacial score (nSPS) is 18.4. The van der Waals surface area contributed by atoms with Crippen LogP contribution in [0.1, 0.15) is 38.6 Å². The number of hydrogen-bond donors (Lipinski definition) is 0. The minimum absolute atomic E-state index is 0.0598. The highest BCUT2D eigenvalue weighted by Gasteiger charge is 2.27. The quantitative estimate of drug-likeness (QED) is 0.355. The van der Waals surface area contributed by atoms with Gasteiger partial charge in [-0.05, 0) is 81.1 Å². The fraction of sp³-hybridized carbons (Fsp3) is 0.429. The zero-order chi connectivity index (χ0) is 23.8. The fourth-order valence-corrected chi connectivity index (χ4v) is 5.27. The molecule has 4 aromatic rings. The lowest BCUT2D eigenvalue weighted by Crippen LogP contribution is -2.25. The van der Waals surface area contributed by atoms with Gasteiger partial charge in [0.05, 0.1) is 29.4 Å². The molecular weight excluding hydrogens is 424 g/mol. The van der Waals surface area contributed by atoms with Crippen LogP contribution in [0, 0.1) is 5.92 Å². The van der Waals surface area contributed by atoms with Gasteiger partial charge in [-0.25, -0.2) is 4.79 Å². The van der Waals surface area contributed by atoms with Gasteiger partial charge in [-0.1, -0.05) is 25.1 Å². The lowest BCUT2D eigenvalue weighted by atomic mass is 10.0. The predicted molar refractivity (Wildman–Crippen MR) is 139 cm³/mol. The van der Waals surface area contributed by atoms with E-state index in [1.54, 1.807) is 4.57 Å². The van der Waals surface area contributed by atoms with E-state index in [0.717, 1.165) is 64.6 Å². The van der Waals surface area contributed by atoms with Crippen molar-refractivity contribution in [2.24, 2.45) is 13.0 Å². The summed E-state index contributed by atoms with van der Waals surface area (Å²) in [6.45, 7) is 4.01. The molecule has 0 bridgehead atoms. The SMILES string of the molecule is C[C@H]1CC[C@H](n2c(=O)n(C)c3cnc4ccc(-c5ccc(OCCCN(C)C)cc5)cc4c32)C1. The van der Waals surface area contributed by atoms with Gasteiger partial charge < -0.3 is 9.64 Å². The molecule has 1 fully saturated rings. The smallest absolute Gasteiger partial charge is 0.329 e. The molecule has 1 aliphatic carbocycles. The monoisotopic (exact) mass is 458 g/mol. The molecule has 2 aromatic carbocycles. The highest BCUT2D eigenvalue weighted by molar-refractivity contribution is 6.04. The van der Waals surface area contributed by atoms with Gasteiger partial charge >= 0.3 is 5.69 Å². The maximum Gasteiger partial charge on any atom is 0.329 e. The van der Waals surface area contributed by atoms with E-state index in [9.17, 15) is 4.79 Å². The van der Waals surface area contributed by atoms with Gasteiger partial charge in [-0.15, -0.1) is 0 Å². The Bertz CT molecular complexity index is 1370. The second-order valence-electron chi connectivity index (χ2n) is 10.0. The minimum atomic E-state index is 0.0598. The second kappa shape index (κ2) is 9.26. The summed E-state index contributed by atoms with van der Waals surface area (Å²) in [6, 6.07) is 14.9. The Hall–Kier alpha value is -3.12. The van der Waals surface area contributed by atoms with E-state index in [0.29, 0.717) is 12.5 Å². The molecule has 0 aliphatic heterocycles. The van der Waals surface area contributed by atoms with Crippen LogP contribution in [-0.4, -0.2) is 46.3 Å². The largest absolute Gasteiger partial charge is 0.494 e. The van der Waals surface area contributed by atoms with Crippen LogP contribution in [0.25, 0.3) is 33.1 Å². The Morgan fingerprint density at radius 3 is 2.56 bits per heavy atom. The molecule has 5 rings (SSSR count). The van der Waals surface area contributed by atoms with Gasteiger partial charge in [0.1, 0.15) is 5.75 Å². The van der Waals surface area contributed by atoms with E-state index < -0.39 is 0 Å². The molecule has 2 heterocycles. The zero-order valence-corrected chi connectivity index (χ0v) is 20.6. The van der Waals surface area contributed by atoms with Crippen molar-refractivity contribution in [2.75, 3.05) is 27.2 Å². The molecule has 6 nitrogen and oxygen atoms in total. The molecule has 2 aromatic heterocycles. The first-order chi connectivity index (χ1) is 16.4. The van der Waals surface area contributed by atoms with Gasteiger partial charge in [0.15, 0.2) is 0 Å². The maximum absolute atomic E-state index is 13.2. The standard InChI is InChI=1S/C28H34N4O2/c1-19-6-10-22(16-19)32-27-24-17-21(9-13-25(24)29-18-26(27)31(4)28(32)33)20-7-11-23(12-8-20)34-15-5-14-30(2)3/h7-9,11-13,17-19,22H,5-6,10,14-16H2,1-4H3/t19-,22-/m0/s1. The average Bonchev–Trinajstić information content (AvgIpc) is 3.37. The summed E-state index contributed by atoms with van der Waals surface area (Å²) in [5, 5.41) is 1.04. The van der Waals surface area contributed by atoms with Gasteiger partial charge in [-0.2, -0.15) is 0 Å². The van der Waals surface area contributed by atoms with Gasteiger partial charge in [0.25, 0.3) is 0 Å². The molecule has 6 heteroatoms. The number of hydrogen-bond acceptors (Lipinski definition) is 4. The number of imidazole rings is 1. The number of benzene rings is 2. The molecule has 1 aliphatic rings. The first-order valence-corrected chi connectivity index (χ1v) is 12.3. The highest BCUT2D eigenvalue weighted by atomic mass is 16.5. The van der Waals surface area contributed by atoms with Gasteiger partial charge in [0, 0.05) is 25.0 Å². The second-order valence-corrected chi connectivity index (χ2v) is 10.0. The van der Waals surface area contributed by atoms with Crippen molar-refractivity contribution in [3.63, 3.8) is 0 Å². The lowest BCUT2D eigenvalue weighted by molar-refractivity contribution is 0.281. The zero-order valence-electron chi connectivity index (χ0n) is 20.6. The Morgan fingerprint density at radius 1 is 1.09 bits per heavy atom. The van der Waals surface area contributed by atoms with Crippen LogP contribution in [0.4, 0.5) is 0 Å². The molecule has 0 saturated heterocycles. The highest BCUT2D eigenvalue weighted by Crippen LogP contribution is 2.37. The summed E-state index contributed by atoms with van der Waals surface area (Å²) in [6.07, 6.45) is 6.13. The topological polar surface area (TPSA) is 52.3 Å². The molecule has 34 heavy (non-hydrogen) atoms. The van der Waals surface area contributed by atoms with Crippen molar-refractivity contribution < 1.29 is 4.74 Å². The number of ether oxygens (including phenoxy) is 1. The van der Waals surface area contributed by atoms with Crippen LogP contribution in [0.15, 0.2) is 53.5 Å². The van der Waals surface area contributed by atoms with Crippen molar-refractivity contribution in [3.05, 3.63) is 59.1 Å². The summed E-state index contributed by atoms with van der Waals surface area (Å²) in [7, 11) is 6.00. The molecule has 0 unspecified atom stereocenters. The summed E-state index contributed by atoms with van der Waals surface area (Å²) >= 11 is 0. The predicted octanol–water partition coefficient (Wildman–Crippen LogP) is 5.25. The summed E-state index contributed by atoms with van der Waals surface area (Å²) in [5.74, 6) is 1.54. The summed E-state index contributed by atoms with van der Waals surface area (Å²) < 4.78 is 9.68. The molecule has 178 valence electrons. The van der Waals surface area contributed by atoms with E-state index in [1.165, 1.54) is 6.42 Å². The Morgan fingerprint density at radius 2 is 1.85 bits per heavy atom. The van der Waals surface area contributed by atoms with E-state index >= 15 is 0 Å². The van der Waals surface area contributed by atoms with Crippen molar-refractivity contribution in [1.82, 2.24) is 19.0 Å². The maximum atomic E-state index is 13.2. The van der Waals surface area contributed by atoms with Crippen molar-refractivity contribution in [1.29, 1.82) is 0 Å². The fourth-order valence-electron chi connectivity index (χ4n) is 5.27. The number of nitrogens with zero attached hydrogens (tertiary/aromatic N) is 4. The molecular formula is C28H34N4O2. The molecule has 0 N–H and O–H groups in total. The Kier molecular flexibility index (Phi) is 6.17. The van der Waals surface area contributed by atoms with Crippen LogP contribution < -0.4 is 10.4 Å². The van der Waals surface area contributed by atoms with E-state index in [4.69, 9.17) is 4.74 Å². The van der Waals surface area contributed by atoms with E-state index in [1.807, 2.05) is 29.9 Å². The molecule has 2 atom stereocenters. The number of aromatic nitrogens is 3. The van der Waals surface area contributed by atoms with Crippen LogP contribution >= 0.6 is 0 Å². The van der Waals surface area contributed by atoms with Crippen molar-refractivity contribution in [3.8, 4) is 16.9 Å². The van der Waals surface area contributed by atoms with Crippen molar-refractivity contribution >= 4 is 21.9 Å². The number of rotatable bonds is 7. The third-order valence-electron chi connectivity index (χ3n) is 7.15. The van der Waals surface area contributed by atoms with E-state index in [2.05, 4.69) is 61.2 Å². The van der Waals surface area contributed by atoms with Gasteiger partial charge in [0.2, 0.25) is 0 Å². The number of pyridine rings is 1. The number of aryl methyl sites for hydroxylation is 1. The molecule has 1 saturated carbocycles. The van der Waals surface area contributed by atoms with Crippen LogP contribution in [0.5, 0.6) is 5.75 Å².